The normalized spacial score (nSPS) is 9.92. The van der Waals surface area contributed by atoms with Crippen LogP contribution in [0.25, 0.3) is 0 Å². The van der Waals surface area contributed by atoms with Crippen LogP contribution in [0.4, 0.5) is 10.8 Å². The number of thiazole rings is 1. The highest BCUT2D eigenvalue weighted by Gasteiger charge is 2.14. The topological polar surface area (TPSA) is 98.8 Å². The number of esters is 1. The van der Waals surface area contributed by atoms with Crippen LogP contribution in [0.3, 0.4) is 0 Å². The molecule has 1 aromatic heterocycles. The van der Waals surface area contributed by atoms with E-state index >= 15 is 0 Å². The van der Waals surface area contributed by atoms with Gasteiger partial charge < -0.3 is 24.8 Å². The van der Waals surface area contributed by atoms with Crippen molar-refractivity contribution in [3.8, 4) is 11.5 Å². The van der Waals surface area contributed by atoms with Gasteiger partial charge in [-0.3, -0.25) is 4.79 Å². The molecule has 1 aromatic carbocycles. The van der Waals surface area contributed by atoms with Gasteiger partial charge in [-0.25, -0.2) is 9.78 Å². The maximum absolute atomic E-state index is 12.0. The van der Waals surface area contributed by atoms with Gasteiger partial charge in [0.1, 0.15) is 11.5 Å². The molecule has 0 unspecified atom stereocenters. The summed E-state index contributed by atoms with van der Waals surface area (Å²) in [5.41, 5.74) is 0.601. The minimum Gasteiger partial charge on any atom is -0.497 e. The van der Waals surface area contributed by atoms with Gasteiger partial charge in [-0.2, -0.15) is 0 Å². The summed E-state index contributed by atoms with van der Waals surface area (Å²) in [5, 5.41) is 7.71. The Bertz CT molecular complexity index is 768. The van der Waals surface area contributed by atoms with E-state index in [9.17, 15) is 9.59 Å². The number of amides is 1. The van der Waals surface area contributed by atoms with Crippen LogP contribution in [0.1, 0.15) is 10.5 Å². The molecule has 0 radical (unpaired) electrons. The fourth-order valence-corrected chi connectivity index (χ4v) is 2.58. The first kappa shape index (κ1) is 19.3. The molecule has 138 valence electrons. The summed E-state index contributed by atoms with van der Waals surface area (Å²) in [4.78, 5) is 28.0. The Morgan fingerprint density at radius 2 is 1.92 bits per heavy atom. The Morgan fingerprint density at radius 1 is 1.23 bits per heavy atom. The molecule has 0 aliphatic heterocycles. The first-order valence-electron chi connectivity index (χ1n) is 7.56. The van der Waals surface area contributed by atoms with Crippen LogP contribution >= 0.6 is 11.3 Å². The molecule has 0 saturated heterocycles. The number of methoxy groups -OCH3 is 2. The van der Waals surface area contributed by atoms with Crippen LogP contribution in [-0.2, 0) is 9.53 Å². The summed E-state index contributed by atoms with van der Waals surface area (Å²) >= 11 is 1.26. The largest absolute Gasteiger partial charge is 0.497 e. The Morgan fingerprint density at radius 3 is 2.54 bits per heavy atom. The number of aromatic nitrogens is 1. The molecule has 26 heavy (non-hydrogen) atoms. The monoisotopic (exact) mass is 377 g/mol. The smallest absolute Gasteiger partial charge is 0.358 e. The van der Waals surface area contributed by atoms with E-state index in [0.717, 1.165) is 0 Å². The highest BCUT2D eigenvalue weighted by molar-refractivity contribution is 7.13. The van der Waals surface area contributed by atoms with E-state index in [-0.39, 0.29) is 5.69 Å². The van der Waals surface area contributed by atoms with Gasteiger partial charge in [0.15, 0.2) is 17.4 Å². The van der Waals surface area contributed by atoms with Crippen LogP contribution in [0.2, 0.25) is 0 Å². The first-order chi connectivity index (χ1) is 12.5. The Labute approximate surface area is 154 Å². The standard InChI is InChI=1S/C17H19N3O5S/c1-4-5-18-17-20-14(10-26-17)16(22)25-9-15(21)19-11-6-12(23-2)8-13(7-11)24-3/h4,6-8,10H,1,5,9H2,2-3H3,(H,18,20)(H,19,21). The summed E-state index contributed by atoms with van der Waals surface area (Å²) < 4.78 is 15.2. The summed E-state index contributed by atoms with van der Waals surface area (Å²) in [5.74, 6) is -0.113. The van der Waals surface area contributed by atoms with Crippen molar-refractivity contribution in [2.45, 2.75) is 0 Å². The lowest BCUT2D eigenvalue weighted by Gasteiger charge is -2.10. The van der Waals surface area contributed by atoms with Crippen LogP contribution in [0, 0.1) is 0 Å². The zero-order valence-corrected chi connectivity index (χ0v) is 15.2. The summed E-state index contributed by atoms with van der Waals surface area (Å²) in [6.45, 7) is 3.68. The summed E-state index contributed by atoms with van der Waals surface area (Å²) in [6, 6.07) is 4.93. The van der Waals surface area contributed by atoms with E-state index in [1.54, 1.807) is 29.7 Å². The van der Waals surface area contributed by atoms with Gasteiger partial charge in [0.2, 0.25) is 0 Å². The molecule has 8 nitrogen and oxygen atoms in total. The molecule has 2 aromatic rings. The molecule has 0 spiro atoms. The molecule has 0 aliphatic carbocycles. The zero-order chi connectivity index (χ0) is 18.9. The summed E-state index contributed by atoms with van der Waals surface area (Å²) in [6.07, 6.45) is 1.68. The number of carbonyl (C=O) groups excluding carboxylic acids is 2. The van der Waals surface area contributed by atoms with Crippen molar-refractivity contribution in [2.24, 2.45) is 0 Å². The quantitative estimate of drug-likeness (QED) is 0.512. The second-order valence-corrected chi connectivity index (χ2v) is 5.79. The van der Waals surface area contributed by atoms with Gasteiger partial charge in [0, 0.05) is 35.8 Å². The highest BCUT2D eigenvalue weighted by Crippen LogP contribution is 2.25. The van der Waals surface area contributed by atoms with Gasteiger partial charge in [0.25, 0.3) is 5.91 Å². The van der Waals surface area contributed by atoms with E-state index in [2.05, 4.69) is 22.2 Å². The third kappa shape index (κ3) is 5.49. The molecule has 9 heteroatoms. The van der Waals surface area contributed by atoms with E-state index < -0.39 is 18.5 Å². The molecule has 0 fully saturated rings. The molecule has 1 heterocycles. The zero-order valence-electron chi connectivity index (χ0n) is 14.4. The van der Waals surface area contributed by atoms with Gasteiger partial charge in [0.05, 0.1) is 14.2 Å². The number of nitrogens with zero attached hydrogens (tertiary/aromatic N) is 1. The lowest BCUT2D eigenvalue weighted by atomic mass is 10.2. The molecule has 0 aliphatic rings. The van der Waals surface area contributed by atoms with Crippen molar-refractivity contribution < 1.29 is 23.8 Å². The highest BCUT2D eigenvalue weighted by atomic mass is 32.1. The Balaban J connectivity index is 1.89. The van der Waals surface area contributed by atoms with Crippen LogP contribution < -0.4 is 20.1 Å². The van der Waals surface area contributed by atoms with Crippen molar-refractivity contribution in [3.63, 3.8) is 0 Å². The van der Waals surface area contributed by atoms with Crippen molar-refractivity contribution in [3.05, 3.63) is 41.9 Å². The molecule has 1 amide bonds. The fourth-order valence-electron chi connectivity index (χ4n) is 1.89. The SMILES string of the molecule is C=CCNc1nc(C(=O)OCC(=O)Nc2cc(OC)cc(OC)c2)cs1. The predicted octanol–water partition coefficient (Wildman–Crippen LogP) is 2.55. The third-order valence-electron chi connectivity index (χ3n) is 3.08. The van der Waals surface area contributed by atoms with E-state index in [0.29, 0.717) is 28.9 Å². The number of hydrogen-bond acceptors (Lipinski definition) is 8. The van der Waals surface area contributed by atoms with Crippen LogP contribution in [0.5, 0.6) is 11.5 Å². The molecule has 0 atom stereocenters. The average Bonchev–Trinajstić information content (AvgIpc) is 3.13. The van der Waals surface area contributed by atoms with Gasteiger partial charge >= 0.3 is 5.97 Å². The van der Waals surface area contributed by atoms with Gasteiger partial charge in [-0.15, -0.1) is 17.9 Å². The predicted molar refractivity (Wildman–Crippen MR) is 99.3 cm³/mol. The lowest BCUT2D eigenvalue weighted by molar-refractivity contribution is -0.119. The van der Waals surface area contributed by atoms with Crippen molar-refractivity contribution in [2.75, 3.05) is 38.0 Å². The van der Waals surface area contributed by atoms with Crippen molar-refractivity contribution in [1.29, 1.82) is 0 Å². The summed E-state index contributed by atoms with van der Waals surface area (Å²) in [7, 11) is 3.02. The van der Waals surface area contributed by atoms with E-state index in [4.69, 9.17) is 14.2 Å². The molecule has 0 saturated carbocycles. The molecule has 2 rings (SSSR count). The lowest BCUT2D eigenvalue weighted by Crippen LogP contribution is -2.21. The van der Waals surface area contributed by atoms with Crippen molar-refractivity contribution >= 4 is 34.0 Å². The van der Waals surface area contributed by atoms with E-state index in [1.807, 2.05) is 0 Å². The number of benzene rings is 1. The van der Waals surface area contributed by atoms with E-state index in [1.165, 1.54) is 25.6 Å². The van der Waals surface area contributed by atoms with Gasteiger partial charge in [-0.1, -0.05) is 6.08 Å². The minimum absolute atomic E-state index is 0.136. The van der Waals surface area contributed by atoms with Crippen molar-refractivity contribution in [1.82, 2.24) is 4.98 Å². The van der Waals surface area contributed by atoms with Crippen LogP contribution in [-0.4, -0.2) is 44.2 Å². The Kier molecular flexibility index (Phi) is 6.98. The molecular formula is C17H19N3O5S. The maximum atomic E-state index is 12.0. The second-order valence-electron chi connectivity index (χ2n) is 4.93. The number of rotatable bonds is 9. The number of ether oxygens (including phenoxy) is 3. The average molecular weight is 377 g/mol. The minimum atomic E-state index is -0.675. The van der Waals surface area contributed by atoms with Crippen LogP contribution in [0.15, 0.2) is 36.2 Å². The fraction of sp³-hybridized carbons (Fsp3) is 0.235. The number of anilines is 2. The van der Waals surface area contributed by atoms with Gasteiger partial charge in [-0.05, 0) is 0 Å². The molecular weight excluding hydrogens is 358 g/mol. The number of nitrogens with one attached hydrogen (secondary N) is 2. The molecule has 2 N–H and O–H groups in total. The maximum Gasteiger partial charge on any atom is 0.358 e. The number of hydrogen-bond donors (Lipinski definition) is 2. The number of carbonyl (C=O) groups is 2. The Hall–Kier alpha value is -3.07. The first-order valence-corrected chi connectivity index (χ1v) is 8.44. The molecule has 0 bridgehead atoms. The second kappa shape index (κ2) is 9.42. The third-order valence-corrected chi connectivity index (χ3v) is 3.88.